The molecule has 0 heterocycles. The second kappa shape index (κ2) is 60.7. The summed E-state index contributed by atoms with van der Waals surface area (Å²) < 4.78 is 68.3. The average Bonchev–Trinajstić information content (AvgIpc) is 3.66. The minimum Gasteiger partial charge on any atom is -0.462 e. The molecule has 0 aliphatic heterocycles. The van der Waals surface area contributed by atoms with Gasteiger partial charge in [-0.25, -0.2) is 9.13 Å². The van der Waals surface area contributed by atoms with Crippen molar-refractivity contribution in [1.82, 2.24) is 0 Å². The normalized spacial score (nSPS) is 14.9. The van der Waals surface area contributed by atoms with Crippen molar-refractivity contribution in [2.45, 2.75) is 369 Å². The second-order valence-corrected chi connectivity index (χ2v) is 30.0. The van der Waals surface area contributed by atoms with Crippen molar-refractivity contribution in [3.05, 3.63) is 0 Å². The molecule has 17 nitrogen and oxygen atoms in total. The lowest BCUT2D eigenvalue weighted by Gasteiger charge is -2.21. The molecule has 0 saturated carbocycles. The Hall–Kier alpha value is -1.94. The van der Waals surface area contributed by atoms with Crippen LogP contribution in [0.1, 0.15) is 351 Å². The molecule has 0 bridgehead atoms. The van der Waals surface area contributed by atoms with E-state index in [9.17, 15) is 43.2 Å². The quantitative estimate of drug-likeness (QED) is 0.0222. The van der Waals surface area contributed by atoms with Gasteiger partial charge in [-0.1, -0.05) is 299 Å². The number of ether oxygens (including phenoxy) is 4. The minimum atomic E-state index is -4.95. The van der Waals surface area contributed by atoms with Gasteiger partial charge in [0, 0.05) is 25.7 Å². The highest BCUT2D eigenvalue weighted by molar-refractivity contribution is 7.47. The molecule has 90 heavy (non-hydrogen) atoms. The van der Waals surface area contributed by atoms with Crippen molar-refractivity contribution in [3.8, 4) is 0 Å². The van der Waals surface area contributed by atoms with E-state index in [1.807, 2.05) is 0 Å². The lowest BCUT2D eigenvalue weighted by atomic mass is 10.00. The van der Waals surface area contributed by atoms with Gasteiger partial charge in [0.05, 0.1) is 26.4 Å². The first-order valence-electron chi connectivity index (χ1n) is 36.8. The molecule has 0 saturated heterocycles. The van der Waals surface area contributed by atoms with Crippen LogP contribution in [0.15, 0.2) is 0 Å². The second-order valence-electron chi connectivity index (χ2n) is 27.1. The molecule has 3 N–H and O–H groups in total. The van der Waals surface area contributed by atoms with Gasteiger partial charge in [0.15, 0.2) is 12.2 Å². The number of hydrogen-bond acceptors (Lipinski definition) is 15. The number of aliphatic hydroxyl groups excluding tert-OH is 1. The van der Waals surface area contributed by atoms with Gasteiger partial charge >= 0.3 is 39.5 Å². The fourth-order valence-electron chi connectivity index (χ4n) is 10.6. The number of aliphatic hydroxyl groups is 1. The molecule has 0 aromatic rings. The van der Waals surface area contributed by atoms with E-state index in [-0.39, 0.29) is 25.7 Å². The fraction of sp³-hybridized carbons (Fsp3) is 0.944. The summed E-state index contributed by atoms with van der Waals surface area (Å²) >= 11 is 0. The van der Waals surface area contributed by atoms with Crippen LogP contribution in [0.25, 0.3) is 0 Å². The van der Waals surface area contributed by atoms with Crippen LogP contribution in [0, 0.1) is 23.7 Å². The van der Waals surface area contributed by atoms with Gasteiger partial charge in [0.2, 0.25) is 0 Å². The molecule has 0 radical (unpaired) electrons. The van der Waals surface area contributed by atoms with Gasteiger partial charge in [-0.15, -0.1) is 0 Å². The standard InChI is InChI=1S/C71H138O17P2/c1-9-63(7)49-41-33-27-29-35-43-51-68(73)81-57-66(87-70(75)53-45-37-25-21-17-15-13-11-12-14-16-19-23-31-39-47-61(3)4)59-85-89(77,78)83-55-65(72)56-84-90(79,80)86-60-67(58-82-69(74)52-44-36-30-28-34-42-50-64(8)10-2)88-71(76)54-46-38-26-22-18-20-24-32-40-48-62(5)6/h61-67,72H,9-60H2,1-8H3,(H,77,78)(H,79,80)/t63?,64?,65-,66-,67-/m1/s1. The molecule has 0 fully saturated rings. The van der Waals surface area contributed by atoms with Crippen LogP contribution in [-0.4, -0.2) is 96.7 Å². The van der Waals surface area contributed by atoms with Gasteiger partial charge < -0.3 is 33.8 Å². The summed E-state index contributed by atoms with van der Waals surface area (Å²) in [5, 5.41) is 10.6. The van der Waals surface area contributed by atoms with Gasteiger partial charge in [0.1, 0.15) is 19.3 Å². The van der Waals surface area contributed by atoms with Crippen molar-refractivity contribution in [1.29, 1.82) is 0 Å². The van der Waals surface area contributed by atoms with Gasteiger partial charge in [-0.3, -0.25) is 37.3 Å². The molecule has 4 unspecified atom stereocenters. The summed E-state index contributed by atoms with van der Waals surface area (Å²) in [6, 6.07) is 0. The predicted molar refractivity (Wildman–Crippen MR) is 363 cm³/mol. The summed E-state index contributed by atoms with van der Waals surface area (Å²) in [7, 11) is -9.90. The summed E-state index contributed by atoms with van der Waals surface area (Å²) in [6.07, 6.45) is 43.2. The highest BCUT2D eigenvalue weighted by Crippen LogP contribution is 2.45. The zero-order chi connectivity index (χ0) is 66.8. The molecular weight excluding hydrogens is 1190 g/mol. The zero-order valence-electron chi connectivity index (χ0n) is 58.8. The van der Waals surface area contributed by atoms with Crippen LogP contribution in [-0.2, 0) is 65.4 Å². The van der Waals surface area contributed by atoms with E-state index in [4.69, 9.17) is 37.0 Å². The molecular formula is C71H138O17P2. The summed E-state index contributed by atoms with van der Waals surface area (Å²) in [6.45, 7) is 14.1. The van der Waals surface area contributed by atoms with Gasteiger partial charge in [0.25, 0.3) is 0 Å². The smallest absolute Gasteiger partial charge is 0.462 e. The molecule has 0 aromatic carbocycles. The third-order valence-corrected chi connectivity index (χ3v) is 18.9. The lowest BCUT2D eigenvalue weighted by molar-refractivity contribution is -0.161. The van der Waals surface area contributed by atoms with Crippen LogP contribution in [0.3, 0.4) is 0 Å². The minimum absolute atomic E-state index is 0.104. The SMILES string of the molecule is CCC(C)CCCCCCCCC(=O)OC[C@H](COP(=O)(O)OC[C@@H](O)COP(=O)(O)OC[C@@H](COC(=O)CCCCCCCCC(C)CC)OC(=O)CCCCCCCCCCCC(C)C)OC(=O)CCCCCCCCCCCCCCCCCC(C)C. The van der Waals surface area contributed by atoms with E-state index in [2.05, 4.69) is 55.4 Å². The zero-order valence-corrected chi connectivity index (χ0v) is 60.6. The summed E-state index contributed by atoms with van der Waals surface area (Å²) in [4.78, 5) is 72.5. The number of unbranched alkanes of at least 4 members (excludes halogenated alkanes) is 32. The molecule has 7 atom stereocenters. The van der Waals surface area contributed by atoms with Crippen molar-refractivity contribution < 1.29 is 80.2 Å². The molecule has 0 amide bonds. The van der Waals surface area contributed by atoms with Crippen molar-refractivity contribution in [3.63, 3.8) is 0 Å². The summed E-state index contributed by atoms with van der Waals surface area (Å²) in [5.41, 5.74) is 0. The largest absolute Gasteiger partial charge is 0.472 e. The Morgan fingerprint density at radius 3 is 0.789 bits per heavy atom. The van der Waals surface area contributed by atoms with E-state index in [1.165, 1.54) is 141 Å². The third kappa shape index (κ3) is 62.2. The maximum absolute atomic E-state index is 13.0. The molecule has 0 rings (SSSR count). The first-order valence-corrected chi connectivity index (χ1v) is 39.8. The van der Waals surface area contributed by atoms with Crippen LogP contribution < -0.4 is 0 Å². The lowest BCUT2D eigenvalue weighted by Crippen LogP contribution is -2.30. The molecule has 0 spiro atoms. The predicted octanol–water partition coefficient (Wildman–Crippen LogP) is 20.1. The van der Waals surface area contributed by atoms with Crippen molar-refractivity contribution in [2.75, 3.05) is 39.6 Å². The first-order chi connectivity index (χ1) is 43.2. The first kappa shape index (κ1) is 88.1. The number of carbonyl (C=O) groups excluding carboxylic acids is 4. The Kier molecular flexibility index (Phi) is 59.4. The molecule has 0 aromatic heterocycles. The van der Waals surface area contributed by atoms with E-state index in [1.54, 1.807) is 0 Å². The Morgan fingerprint density at radius 1 is 0.311 bits per heavy atom. The van der Waals surface area contributed by atoms with Crippen LogP contribution in [0.5, 0.6) is 0 Å². The van der Waals surface area contributed by atoms with E-state index in [0.29, 0.717) is 25.7 Å². The number of rotatable bonds is 68. The van der Waals surface area contributed by atoms with Crippen molar-refractivity contribution >= 4 is 39.5 Å². The summed E-state index contributed by atoms with van der Waals surface area (Å²) in [5.74, 6) is 0.870. The monoisotopic (exact) mass is 1320 g/mol. The molecule has 534 valence electrons. The third-order valence-electron chi connectivity index (χ3n) is 17.0. The fourth-order valence-corrected chi connectivity index (χ4v) is 12.2. The maximum Gasteiger partial charge on any atom is 0.472 e. The number of esters is 4. The Labute approximate surface area is 549 Å². The van der Waals surface area contributed by atoms with Gasteiger partial charge in [-0.2, -0.15) is 0 Å². The van der Waals surface area contributed by atoms with E-state index >= 15 is 0 Å². The average molecular weight is 1330 g/mol. The highest BCUT2D eigenvalue weighted by Gasteiger charge is 2.30. The van der Waals surface area contributed by atoms with Gasteiger partial charge in [-0.05, 0) is 49.4 Å². The molecule has 0 aliphatic carbocycles. The van der Waals surface area contributed by atoms with E-state index < -0.39 is 97.5 Å². The van der Waals surface area contributed by atoms with Crippen LogP contribution >= 0.6 is 15.6 Å². The highest BCUT2D eigenvalue weighted by atomic mass is 31.2. The number of carbonyl (C=O) groups is 4. The Bertz CT molecular complexity index is 1790. The number of hydrogen-bond donors (Lipinski definition) is 3. The van der Waals surface area contributed by atoms with Crippen molar-refractivity contribution in [2.24, 2.45) is 23.7 Å². The maximum atomic E-state index is 13.0. The van der Waals surface area contributed by atoms with E-state index in [0.717, 1.165) is 126 Å². The number of phosphoric ester groups is 2. The van der Waals surface area contributed by atoms with Crippen LogP contribution in [0.4, 0.5) is 0 Å². The Morgan fingerprint density at radius 2 is 0.533 bits per heavy atom. The van der Waals surface area contributed by atoms with Crippen LogP contribution in [0.2, 0.25) is 0 Å². The topological polar surface area (TPSA) is 237 Å². The molecule has 19 heteroatoms. The number of phosphoric acid groups is 2. The Balaban J connectivity index is 5.23. The molecule has 0 aliphatic rings.